The standard InChI is InChI=1S/C16H27N3O/c1-2-3-4-5-6-7-11-18-16(20)19-14-10-15-8-12-17-13-9-15/h8-9,12-13H,2-7,10-11,14H2,1H3,(H2,18,19,20). The second-order valence-electron chi connectivity index (χ2n) is 5.06. The van der Waals surface area contributed by atoms with E-state index in [0.717, 1.165) is 19.4 Å². The Balaban J connectivity index is 1.93. The molecule has 0 aliphatic heterocycles. The first-order chi connectivity index (χ1) is 9.83. The Hall–Kier alpha value is -1.58. The highest BCUT2D eigenvalue weighted by molar-refractivity contribution is 5.73. The summed E-state index contributed by atoms with van der Waals surface area (Å²) in [6.45, 7) is 3.65. The van der Waals surface area contributed by atoms with Gasteiger partial charge in [0.2, 0.25) is 0 Å². The summed E-state index contributed by atoms with van der Waals surface area (Å²) < 4.78 is 0. The first-order valence-electron chi connectivity index (χ1n) is 7.73. The molecule has 2 N–H and O–H groups in total. The summed E-state index contributed by atoms with van der Waals surface area (Å²) in [4.78, 5) is 15.5. The van der Waals surface area contributed by atoms with Gasteiger partial charge in [-0.2, -0.15) is 0 Å². The fourth-order valence-corrected chi connectivity index (χ4v) is 2.04. The number of pyridine rings is 1. The number of rotatable bonds is 10. The number of aromatic nitrogens is 1. The van der Waals surface area contributed by atoms with Crippen LogP contribution in [0.25, 0.3) is 0 Å². The summed E-state index contributed by atoms with van der Waals surface area (Å²) in [7, 11) is 0. The lowest BCUT2D eigenvalue weighted by Gasteiger charge is -2.07. The van der Waals surface area contributed by atoms with E-state index in [-0.39, 0.29) is 6.03 Å². The summed E-state index contributed by atoms with van der Waals surface area (Å²) in [5.74, 6) is 0. The molecule has 20 heavy (non-hydrogen) atoms. The molecule has 0 aromatic carbocycles. The van der Waals surface area contributed by atoms with Crippen molar-refractivity contribution in [1.82, 2.24) is 15.6 Å². The van der Waals surface area contributed by atoms with Crippen LogP contribution in [0.2, 0.25) is 0 Å². The van der Waals surface area contributed by atoms with Crippen LogP contribution in [0.3, 0.4) is 0 Å². The van der Waals surface area contributed by atoms with Crippen molar-refractivity contribution < 1.29 is 4.79 Å². The van der Waals surface area contributed by atoms with Gasteiger partial charge < -0.3 is 10.6 Å². The Morgan fingerprint density at radius 3 is 2.40 bits per heavy atom. The van der Waals surface area contributed by atoms with Gasteiger partial charge in [-0.1, -0.05) is 39.0 Å². The molecule has 112 valence electrons. The lowest BCUT2D eigenvalue weighted by molar-refractivity contribution is 0.241. The normalized spacial score (nSPS) is 10.2. The van der Waals surface area contributed by atoms with E-state index in [2.05, 4.69) is 22.5 Å². The molecule has 0 bridgehead atoms. The third-order valence-electron chi connectivity index (χ3n) is 3.26. The van der Waals surface area contributed by atoms with Crippen molar-refractivity contribution in [1.29, 1.82) is 0 Å². The van der Waals surface area contributed by atoms with Gasteiger partial charge in [0.25, 0.3) is 0 Å². The first-order valence-corrected chi connectivity index (χ1v) is 7.73. The van der Waals surface area contributed by atoms with Crippen LogP contribution < -0.4 is 10.6 Å². The lowest BCUT2D eigenvalue weighted by atomic mass is 10.1. The van der Waals surface area contributed by atoms with Crippen molar-refractivity contribution in [2.24, 2.45) is 0 Å². The van der Waals surface area contributed by atoms with Crippen molar-refractivity contribution in [2.75, 3.05) is 13.1 Å². The molecule has 0 spiro atoms. The van der Waals surface area contributed by atoms with E-state index in [1.165, 1.54) is 37.7 Å². The second kappa shape index (κ2) is 11.3. The van der Waals surface area contributed by atoms with Crippen LogP contribution in [-0.2, 0) is 6.42 Å². The van der Waals surface area contributed by atoms with Crippen molar-refractivity contribution in [3.05, 3.63) is 30.1 Å². The SMILES string of the molecule is CCCCCCCCNC(=O)NCCc1ccncc1. The number of hydrogen-bond donors (Lipinski definition) is 2. The lowest BCUT2D eigenvalue weighted by Crippen LogP contribution is -2.37. The fraction of sp³-hybridized carbons (Fsp3) is 0.625. The van der Waals surface area contributed by atoms with Gasteiger partial charge in [0, 0.05) is 25.5 Å². The average Bonchev–Trinajstić information content (AvgIpc) is 2.47. The van der Waals surface area contributed by atoms with Crippen molar-refractivity contribution in [3.8, 4) is 0 Å². The zero-order valence-electron chi connectivity index (χ0n) is 12.5. The average molecular weight is 277 g/mol. The van der Waals surface area contributed by atoms with Crippen LogP contribution in [0, 0.1) is 0 Å². The van der Waals surface area contributed by atoms with E-state index in [9.17, 15) is 4.79 Å². The molecule has 2 amide bonds. The van der Waals surface area contributed by atoms with Crippen molar-refractivity contribution >= 4 is 6.03 Å². The van der Waals surface area contributed by atoms with Gasteiger partial charge in [-0.25, -0.2) is 4.79 Å². The quantitative estimate of drug-likeness (QED) is 0.645. The molecule has 4 nitrogen and oxygen atoms in total. The highest BCUT2D eigenvalue weighted by Crippen LogP contribution is 2.03. The van der Waals surface area contributed by atoms with Crippen LogP contribution in [0.5, 0.6) is 0 Å². The smallest absolute Gasteiger partial charge is 0.314 e. The highest BCUT2D eigenvalue weighted by atomic mass is 16.2. The van der Waals surface area contributed by atoms with E-state index in [4.69, 9.17) is 0 Å². The summed E-state index contributed by atoms with van der Waals surface area (Å²) >= 11 is 0. The van der Waals surface area contributed by atoms with Crippen molar-refractivity contribution in [2.45, 2.75) is 51.9 Å². The van der Waals surface area contributed by atoms with Gasteiger partial charge in [0.15, 0.2) is 0 Å². The third kappa shape index (κ3) is 8.51. The number of nitrogens with one attached hydrogen (secondary N) is 2. The molecular weight excluding hydrogens is 250 g/mol. The van der Waals surface area contributed by atoms with E-state index in [1.807, 2.05) is 12.1 Å². The largest absolute Gasteiger partial charge is 0.338 e. The molecule has 0 aliphatic rings. The number of amides is 2. The van der Waals surface area contributed by atoms with Crippen LogP contribution in [-0.4, -0.2) is 24.1 Å². The fourth-order valence-electron chi connectivity index (χ4n) is 2.04. The Bertz CT molecular complexity index is 354. The molecule has 1 heterocycles. The van der Waals surface area contributed by atoms with Crippen molar-refractivity contribution in [3.63, 3.8) is 0 Å². The number of unbranched alkanes of at least 4 members (excludes halogenated alkanes) is 5. The summed E-state index contributed by atoms with van der Waals surface area (Å²) in [6, 6.07) is 3.87. The van der Waals surface area contributed by atoms with Crippen LogP contribution in [0.1, 0.15) is 51.0 Å². The van der Waals surface area contributed by atoms with E-state index < -0.39 is 0 Å². The zero-order valence-corrected chi connectivity index (χ0v) is 12.5. The molecule has 4 heteroatoms. The predicted octanol–water partition coefficient (Wildman–Crippen LogP) is 3.28. The number of urea groups is 1. The minimum absolute atomic E-state index is 0.0624. The number of nitrogens with zero attached hydrogens (tertiary/aromatic N) is 1. The highest BCUT2D eigenvalue weighted by Gasteiger charge is 1.99. The molecule has 0 unspecified atom stereocenters. The van der Waals surface area contributed by atoms with E-state index >= 15 is 0 Å². The molecule has 0 radical (unpaired) electrons. The minimum atomic E-state index is -0.0624. The van der Waals surface area contributed by atoms with Gasteiger partial charge >= 0.3 is 6.03 Å². The number of carbonyl (C=O) groups is 1. The minimum Gasteiger partial charge on any atom is -0.338 e. The molecule has 0 atom stereocenters. The molecule has 0 aliphatic carbocycles. The van der Waals surface area contributed by atoms with Crippen LogP contribution in [0.15, 0.2) is 24.5 Å². The Kier molecular flexibility index (Phi) is 9.28. The Labute approximate surface area is 122 Å². The molecule has 0 saturated heterocycles. The zero-order chi connectivity index (χ0) is 14.5. The summed E-state index contributed by atoms with van der Waals surface area (Å²) in [6.07, 6.45) is 11.8. The topological polar surface area (TPSA) is 54.0 Å². The Morgan fingerprint density at radius 2 is 1.65 bits per heavy atom. The number of carbonyl (C=O) groups excluding carboxylic acids is 1. The maximum atomic E-state index is 11.5. The van der Waals surface area contributed by atoms with E-state index in [1.54, 1.807) is 12.4 Å². The molecule has 1 rings (SSSR count). The monoisotopic (exact) mass is 277 g/mol. The van der Waals surface area contributed by atoms with Gasteiger partial charge in [0.05, 0.1) is 0 Å². The van der Waals surface area contributed by atoms with Gasteiger partial charge in [-0.15, -0.1) is 0 Å². The summed E-state index contributed by atoms with van der Waals surface area (Å²) in [5, 5.41) is 5.77. The number of hydrogen-bond acceptors (Lipinski definition) is 2. The van der Waals surface area contributed by atoms with Gasteiger partial charge in [0.1, 0.15) is 0 Å². The third-order valence-corrected chi connectivity index (χ3v) is 3.26. The molecule has 1 aromatic rings. The van der Waals surface area contributed by atoms with Gasteiger partial charge in [-0.05, 0) is 30.5 Å². The second-order valence-corrected chi connectivity index (χ2v) is 5.06. The molecule has 0 saturated carbocycles. The molecule has 1 aromatic heterocycles. The summed E-state index contributed by atoms with van der Waals surface area (Å²) in [5.41, 5.74) is 1.19. The first kappa shape index (κ1) is 16.5. The predicted molar refractivity (Wildman–Crippen MR) is 82.7 cm³/mol. The van der Waals surface area contributed by atoms with Gasteiger partial charge in [-0.3, -0.25) is 4.98 Å². The van der Waals surface area contributed by atoms with Crippen LogP contribution in [0.4, 0.5) is 4.79 Å². The maximum Gasteiger partial charge on any atom is 0.314 e. The maximum absolute atomic E-state index is 11.5. The van der Waals surface area contributed by atoms with E-state index in [0.29, 0.717) is 6.54 Å². The van der Waals surface area contributed by atoms with Crippen LogP contribution >= 0.6 is 0 Å². The Morgan fingerprint density at radius 1 is 1.00 bits per heavy atom. The molecular formula is C16H27N3O. The molecule has 0 fully saturated rings.